The molecule has 0 atom stereocenters. The third kappa shape index (κ3) is 4.69. The van der Waals surface area contributed by atoms with Crippen LogP contribution in [0, 0.1) is 15.9 Å². The van der Waals surface area contributed by atoms with E-state index in [1.807, 2.05) is 0 Å². The van der Waals surface area contributed by atoms with Crippen molar-refractivity contribution in [3.05, 3.63) is 69.5 Å². The number of hydrogen-bond acceptors (Lipinski definition) is 6. The van der Waals surface area contributed by atoms with Gasteiger partial charge in [0.05, 0.1) is 16.1 Å². The van der Waals surface area contributed by atoms with Crippen LogP contribution in [0.2, 0.25) is 0 Å². The summed E-state index contributed by atoms with van der Waals surface area (Å²) in [6.07, 6.45) is 0. The number of benzene rings is 2. The number of nitro benzene ring substituents is 1. The standard InChI is InChI=1S/C17H13FN2O6/c1-10(21)19-12-5-6-14(15(18)8-12)16(22)9-26-17(23)11-3-2-4-13(7-11)20(24)25/h2-8H,9H2,1H3,(H,19,21). The number of ketones is 1. The van der Waals surface area contributed by atoms with Crippen LogP contribution in [-0.4, -0.2) is 29.2 Å². The van der Waals surface area contributed by atoms with Crippen molar-refractivity contribution in [1.82, 2.24) is 0 Å². The first-order valence-corrected chi connectivity index (χ1v) is 7.30. The van der Waals surface area contributed by atoms with Gasteiger partial charge in [0.25, 0.3) is 5.69 Å². The van der Waals surface area contributed by atoms with Crippen LogP contribution in [0.15, 0.2) is 42.5 Å². The predicted molar refractivity (Wildman–Crippen MR) is 88.4 cm³/mol. The minimum atomic E-state index is -0.947. The van der Waals surface area contributed by atoms with E-state index >= 15 is 0 Å². The number of esters is 1. The number of carbonyl (C=O) groups is 3. The van der Waals surface area contributed by atoms with E-state index in [9.17, 15) is 28.9 Å². The zero-order valence-corrected chi connectivity index (χ0v) is 13.5. The van der Waals surface area contributed by atoms with E-state index in [-0.39, 0.29) is 22.5 Å². The molecule has 0 aliphatic rings. The number of halogens is 1. The number of nitrogens with zero attached hydrogens (tertiary/aromatic N) is 1. The van der Waals surface area contributed by atoms with Gasteiger partial charge in [-0.15, -0.1) is 0 Å². The van der Waals surface area contributed by atoms with Gasteiger partial charge in [-0.05, 0) is 24.3 Å². The minimum Gasteiger partial charge on any atom is -0.454 e. The first kappa shape index (κ1) is 18.7. The molecule has 26 heavy (non-hydrogen) atoms. The number of rotatable bonds is 6. The lowest BCUT2D eigenvalue weighted by Crippen LogP contribution is -2.16. The summed E-state index contributed by atoms with van der Waals surface area (Å²) < 4.78 is 18.7. The molecule has 0 saturated heterocycles. The molecule has 0 heterocycles. The monoisotopic (exact) mass is 360 g/mol. The normalized spacial score (nSPS) is 10.1. The number of amides is 1. The molecule has 0 bridgehead atoms. The topological polar surface area (TPSA) is 116 Å². The molecule has 0 aliphatic carbocycles. The molecule has 0 unspecified atom stereocenters. The molecule has 0 spiro atoms. The van der Waals surface area contributed by atoms with E-state index in [1.54, 1.807) is 0 Å². The molecule has 0 radical (unpaired) electrons. The Labute approximate surface area is 146 Å². The van der Waals surface area contributed by atoms with Crippen molar-refractivity contribution < 1.29 is 28.4 Å². The van der Waals surface area contributed by atoms with Gasteiger partial charge in [0, 0.05) is 24.7 Å². The van der Waals surface area contributed by atoms with Crippen LogP contribution < -0.4 is 5.32 Å². The lowest BCUT2D eigenvalue weighted by atomic mass is 10.1. The van der Waals surface area contributed by atoms with Crippen molar-refractivity contribution in [2.24, 2.45) is 0 Å². The largest absolute Gasteiger partial charge is 0.454 e. The van der Waals surface area contributed by atoms with Crippen LogP contribution in [-0.2, 0) is 9.53 Å². The molecular weight excluding hydrogens is 347 g/mol. The number of ether oxygens (including phenoxy) is 1. The van der Waals surface area contributed by atoms with Gasteiger partial charge >= 0.3 is 5.97 Å². The smallest absolute Gasteiger partial charge is 0.338 e. The molecule has 0 aromatic heterocycles. The highest BCUT2D eigenvalue weighted by Crippen LogP contribution is 2.17. The summed E-state index contributed by atoms with van der Waals surface area (Å²) >= 11 is 0. The average molecular weight is 360 g/mol. The lowest BCUT2D eigenvalue weighted by molar-refractivity contribution is -0.384. The van der Waals surface area contributed by atoms with Crippen LogP contribution in [0.3, 0.4) is 0 Å². The molecule has 0 saturated carbocycles. The van der Waals surface area contributed by atoms with E-state index < -0.39 is 35.0 Å². The zero-order valence-electron chi connectivity index (χ0n) is 13.5. The molecule has 134 valence electrons. The van der Waals surface area contributed by atoms with Crippen molar-refractivity contribution >= 4 is 29.0 Å². The predicted octanol–water partition coefficient (Wildman–Crippen LogP) is 2.73. The Morgan fingerprint density at radius 1 is 1.19 bits per heavy atom. The van der Waals surface area contributed by atoms with Gasteiger partial charge < -0.3 is 10.1 Å². The molecule has 0 aliphatic heterocycles. The highest BCUT2D eigenvalue weighted by atomic mass is 19.1. The minimum absolute atomic E-state index is 0.103. The summed E-state index contributed by atoms with van der Waals surface area (Å²) in [5.74, 6) is -3.02. The maximum absolute atomic E-state index is 14.0. The van der Waals surface area contributed by atoms with Crippen LogP contribution >= 0.6 is 0 Å². The Morgan fingerprint density at radius 3 is 2.54 bits per heavy atom. The van der Waals surface area contributed by atoms with Crippen LogP contribution in [0.5, 0.6) is 0 Å². The highest BCUT2D eigenvalue weighted by molar-refractivity contribution is 6.00. The summed E-state index contributed by atoms with van der Waals surface area (Å²) in [6, 6.07) is 8.27. The van der Waals surface area contributed by atoms with E-state index in [0.29, 0.717) is 0 Å². The number of anilines is 1. The first-order chi connectivity index (χ1) is 12.3. The fourth-order valence-corrected chi connectivity index (χ4v) is 2.06. The number of carbonyl (C=O) groups excluding carboxylic acids is 3. The van der Waals surface area contributed by atoms with E-state index in [0.717, 1.165) is 18.2 Å². The maximum Gasteiger partial charge on any atom is 0.338 e. The van der Waals surface area contributed by atoms with Gasteiger partial charge in [0.1, 0.15) is 5.82 Å². The molecule has 1 amide bonds. The fraction of sp³-hybridized carbons (Fsp3) is 0.118. The molecular formula is C17H13FN2O6. The third-order valence-corrected chi connectivity index (χ3v) is 3.22. The molecule has 0 fully saturated rings. The summed E-state index contributed by atoms with van der Waals surface area (Å²) in [5.41, 5.74) is -0.537. The highest BCUT2D eigenvalue weighted by Gasteiger charge is 2.17. The number of nitrogens with one attached hydrogen (secondary N) is 1. The lowest BCUT2D eigenvalue weighted by Gasteiger charge is -2.07. The number of Topliss-reactive ketones (excluding diaryl/α,β-unsaturated/α-hetero) is 1. The maximum atomic E-state index is 14.0. The SMILES string of the molecule is CC(=O)Nc1ccc(C(=O)COC(=O)c2cccc([N+](=O)[O-])c2)c(F)c1. The van der Waals surface area contributed by atoms with Crippen molar-refractivity contribution in [3.8, 4) is 0 Å². The second-order valence-corrected chi connectivity index (χ2v) is 5.18. The fourth-order valence-electron chi connectivity index (χ4n) is 2.06. The number of nitro groups is 1. The molecule has 8 nitrogen and oxygen atoms in total. The van der Waals surface area contributed by atoms with E-state index in [1.165, 1.54) is 31.2 Å². The Kier molecular flexibility index (Phi) is 5.74. The second-order valence-electron chi connectivity index (χ2n) is 5.18. The first-order valence-electron chi connectivity index (χ1n) is 7.30. The molecule has 2 rings (SSSR count). The Morgan fingerprint density at radius 2 is 1.92 bits per heavy atom. The molecule has 9 heteroatoms. The van der Waals surface area contributed by atoms with Gasteiger partial charge in [-0.3, -0.25) is 19.7 Å². The van der Waals surface area contributed by atoms with Crippen LogP contribution in [0.1, 0.15) is 27.6 Å². The van der Waals surface area contributed by atoms with Crippen molar-refractivity contribution in [3.63, 3.8) is 0 Å². The quantitative estimate of drug-likeness (QED) is 0.366. The third-order valence-electron chi connectivity index (χ3n) is 3.22. The van der Waals surface area contributed by atoms with Gasteiger partial charge in [0.15, 0.2) is 6.61 Å². The molecule has 1 N–H and O–H groups in total. The van der Waals surface area contributed by atoms with Crippen molar-refractivity contribution in [1.29, 1.82) is 0 Å². The van der Waals surface area contributed by atoms with Crippen LogP contribution in [0.25, 0.3) is 0 Å². The Balaban J connectivity index is 2.04. The molecule has 2 aromatic rings. The van der Waals surface area contributed by atoms with Gasteiger partial charge in [-0.1, -0.05) is 6.07 Å². The Bertz CT molecular complexity index is 897. The summed E-state index contributed by atoms with van der Waals surface area (Å²) in [7, 11) is 0. The van der Waals surface area contributed by atoms with Gasteiger partial charge in [-0.2, -0.15) is 0 Å². The van der Waals surface area contributed by atoms with Gasteiger partial charge in [0.2, 0.25) is 11.7 Å². The van der Waals surface area contributed by atoms with Gasteiger partial charge in [-0.25, -0.2) is 9.18 Å². The summed E-state index contributed by atoms with van der Waals surface area (Å²) in [4.78, 5) is 44.8. The van der Waals surface area contributed by atoms with E-state index in [2.05, 4.69) is 5.32 Å². The zero-order chi connectivity index (χ0) is 19.3. The second kappa shape index (κ2) is 7.97. The number of non-ortho nitro benzene ring substituents is 1. The van der Waals surface area contributed by atoms with Crippen molar-refractivity contribution in [2.75, 3.05) is 11.9 Å². The molecule has 2 aromatic carbocycles. The summed E-state index contributed by atoms with van der Waals surface area (Å²) in [6.45, 7) is 0.516. The summed E-state index contributed by atoms with van der Waals surface area (Å²) in [5, 5.41) is 13.1. The Hall–Kier alpha value is -3.62. The number of hydrogen-bond donors (Lipinski definition) is 1. The van der Waals surface area contributed by atoms with E-state index in [4.69, 9.17) is 4.74 Å². The van der Waals surface area contributed by atoms with Crippen LogP contribution in [0.4, 0.5) is 15.8 Å². The van der Waals surface area contributed by atoms with Crippen molar-refractivity contribution in [2.45, 2.75) is 6.92 Å². The average Bonchev–Trinajstić information content (AvgIpc) is 2.59.